The molecule has 0 aromatic rings. The van der Waals surface area contributed by atoms with E-state index in [4.69, 9.17) is 5.11 Å². The Balaban J connectivity index is 4.02. The zero-order valence-corrected chi connectivity index (χ0v) is 11.0. The third-order valence-electron chi connectivity index (χ3n) is 2.59. The molecular formula is C12H22F3NO2. The Bertz CT molecular complexity index is 254. The second-order valence-corrected chi connectivity index (χ2v) is 5.10. The minimum absolute atomic E-state index is 0.0195. The van der Waals surface area contributed by atoms with Crippen LogP contribution in [0.5, 0.6) is 0 Å². The molecule has 0 saturated heterocycles. The third-order valence-corrected chi connectivity index (χ3v) is 2.59. The van der Waals surface area contributed by atoms with Crippen molar-refractivity contribution in [3.8, 4) is 0 Å². The molecule has 3 nitrogen and oxygen atoms in total. The Labute approximate surface area is 106 Å². The van der Waals surface area contributed by atoms with E-state index in [0.29, 0.717) is 12.8 Å². The van der Waals surface area contributed by atoms with Gasteiger partial charge in [0.15, 0.2) is 0 Å². The molecule has 2 N–H and O–H groups in total. The Hall–Kier alpha value is -0.780. The minimum Gasteiger partial charge on any atom is -0.480 e. The zero-order valence-electron chi connectivity index (χ0n) is 11.0. The first kappa shape index (κ1) is 17.2. The van der Waals surface area contributed by atoms with Crippen molar-refractivity contribution in [1.29, 1.82) is 0 Å². The summed E-state index contributed by atoms with van der Waals surface area (Å²) in [5, 5.41) is 11.9. The van der Waals surface area contributed by atoms with Gasteiger partial charge in [0.05, 0.1) is 0 Å². The number of hydrogen-bond acceptors (Lipinski definition) is 2. The van der Waals surface area contributed by atoms with E-state index in [1.165, 1.54) is 0 Å². The Morgan fingerprint density at radius 2 is 1.83 bits per heavy atom. The van der Waals surface area contributed by atoms with Crippen molar-refractivity contribution in [3.05, 3.63) is 0 Å². The molecule has 0 aliphatic carbocycles. The number of carboxylic acids is 1. The predicted molar refractivity (Wildman–Crippen MR) is 63.4 cm³/mol. The van der Waals surface area contributed by atoms with Crippen LogP contribution in [0.25, 0.3) is 0 Å². The second kappa shape index (κ2) is 7.61. The standard InChI is InChI=1S/C12H22F3NO2/c1-8(2)7-10(11(17)18)16-9(3)5-4-6-12(13,14)15/h8-10,16H,4-7H2,1-3H3,(H,17,18). The van der Waals surface area contributed by atoms with E-state index in [0.717, 1.165) is 0 Å². The number of rotatable bonds is 8. The normalized spacial score (nSPS) is 15.7. The van der Waals surface area contributed by atoms with Gasteiger partial charge in [-0.15, -0.1) is 0 Å². The highest BCUT2D eigenvalue weighted by Crippen LogP contribution is 2.22. The molecule has 0 radical (unpaired) electrons. The van der Waals surface area contributed by atoms with Gasteiger partial charge in [-0.25, -0.2) is 0 Å². The number of halogens is 3. The lowest BCUT2D eigenvalue weighted by Gasteiger charge is -2.21. The summed E-state index contributed by atoms with van der Waals surface area (Å²) in [6, 6.07) is -0.918. The lowest BCUT2D eigenvalue weighted by atomic mass is 10.0. The average molecular weight is 269 g/mol. The minimum atomic E-state index is -4.14. The topological polar surface area (TPSA) is 49.3 Å². The Morgan fingerprint density at radius 1 is 1.28 bits per heavy atom. The number of aliphatic carboxylic acids is 1. The number of carbonyl (C=O) groups is 1. The summed E-state index contributed by atoms with van der Waals surface area (Å²) in [6.45, 7) is 5.53. The average Bonchev–Trinajstić information content (AvgIpc) is 2.13. The number of alkyl halides is 3. The van der Waals surface area contributed by atoms with Crippen molar-refractivity contribution in [1.82, 2.24) is 5.32 Å². The van der Waals surface area contributed by atoms with Crippen molar-refractivity contribution >= 4 is 5.97 Å². The molecule has 0 aromatic heterocycles. The van der Waals surface area contributed by atoms with E-state index < -0.39 is 24.6 Å². The van der Waals surface area contributed by atoms with E-state index in [-0.39, 0.29) is 18.4 Å². The van der Waals surface area contributed by atoms with Crippen LogP contribution in [0, 0.1) is 5.92 Å². The summed E-state index contributed by atoms with van der Waals surface area (Å²) in [7, 11) is 0. The largest absolute Gasteiger partial charge is 0.480 e. The van der Waals surface area contributed by atoms with Crippen molar-refractivity contribution in [2.45, 2.75) is 64.7 Å². The molecule has 0 saturated carbocycles. The summed E-state index contributed by atoms with van der Waals surface area (Å²) >= 11 is 0. The Morgan fingerprint density at radius 3 is 2.22 bits per heavy atom. The predicted octanol–water partition coefficient (Wildman–Crippen LogP) is 3.20. The van der Waals surface area contributed by atoms with Crippen molar-refractivity contribution in [3.63, 3.8) is 0 Å². The number of carboxylic acid groups (broad SMARTS) is 1. The van der Waals surface area contributed by atoms with E-state index in [9.17, 15) is 18.0 Å². The first-order valence-corrected chi connectivity index (χ1v) is 6.17. The lowest BCUT2D eigenvalue weighted by molar-refractivity contribution is -0.141. The lowest BCUT2D eigenvalue weighted by Crippen LogP contribution is -2.42. The van der Waals surface area contributed by atoms with E-state index in [2.05, 4.69) is 5.32 Å². The van der Waals surface area contributed by atoms with E-state index >= 15 is 0 Å². The van der Waals surface area contributed by atoms with Crippen LogP contribution in [0.15, 0.2) is 0 Å². The van der Waals surface area contributed by atoms with Gasteiger partial charge in [-0.1, -0.05) is 13.8 Å². The van der Waals surface area contributed by atoms with Gasteiger partial charge in [-0.2, -0.15) is 13.2 Å². The van der Waals surface area contributed by atoms with Crippen LogP contribution in [0.1, 0.15) is 46.5 Å². The van der Waals surface area contributed by atoms with Crippen LogP contribution in [-0.4, -0.2) is 29.3 Å². The smallest absolute Gasteiger partial charge is 0.389 e. The maximum absolute atomic E-state index is 12.0. The van der Waals surface area contributed by atoms with Crippen LogP contribution < -0.4 is 5.32 Å². The van der Waals surface area contributed by atoms with Gasteiger partial charge in [0.25, 0.3) is 0 Å². The molecule has 0 spiro atoms. The molecule has 0 bridgehead atoms. The van der Waals surface area contributed by atoms with Gasteiger partial charge >= 0.3 is 12.1 Å². The van der Waals surface area contributed by atoms with Gasteiger partial charge in [0.2, 0.25) is 0 Å². The maximum atomic E-state index is 12.0. The SMILES string of the molecule is CC(C)CC(NC(C)CCCC(F)(F)F)C(=O)O. The van der Waals surface area contributed by atoms with Crippen LogP contribution in [0.2, 0.25) is 0 Å². The molecule has 0 rings (SSSR count). The fourth-order valence-corrected chi connectivity index (χ4v) is 1.75. The quantitative estimate of drug-likeness (QED) is 0.711. The van der Waals surface area contributed by atoms with Crippen LogP contribution in [0.3, 0.4) is 0 Å². The fraction of sp³-hybridized carbons (Fsp3) is 0.917. The molecule has 0 amide bonds. The summed E-state index contributed by atoms with van der Waals surface area (Å²) in [5.41, 5.74) is 0. The summed E-state index contributed by atoms with van der Waals surface area (Å²) < 4.78 is 35.9. The van der Waals surface area contributed by atoms with E-state index in [1.54, 1.807) is 6.92 Å². The van der Waals surface area contributed by atoms with Crippen molar-refractivity contribution < 1.29 is 23.1 Å². The highest BCUT2D eigenvalue weighted by molar-refractivity contribution is 5.73. The van der Waals surface area contributed by atoms with Gasteiger partial charge < -0.3 is 10.4 Å². The van der Waals surface area contributed by atoms with Crippen LogP contribution in [0.4, 0.5) is 13.2 Å². The second-order valence-electron chi connectivity index (χ2n) is 5.10. The summed E-state index contributed by atoms with van der Waals surface area (Å²) in [6.07, 6.45) is -4.14. The summed E-state index contributed by atoms with van der Waals surface area (Å²) in [4.78, 5) is 11.0. The highest BCUT2D eigenvalue weighted by Gasteiger charge is 2.27. The van der Waals surface area contributed by atoms with Gasteiger partial charge in [-0.3, -0.25) is 4.79 Å². The van der Waals surface area contributed by atoms with Crippen LogP contribution >= 0.6 is 0 Å². The molecule has 6 heteroatoms. The molecular weight excluding hydrogens is 247 g/mol. The zero-order chi connectivity index (χ0) is 14.3. The maximum Gasteiger partial charge on any atom is 0.389 e. The third kappa shape index (κ3) is 9.27. The molecule has 2 atom stereocenters. The molecule has 0 heterocycles. The van der Waals surface area contributed by atoms with Gasteiger partial charge in [0.1, 0.15) is 6.04 Å². The van der Waals surface area contributed by atoms with Crippen LogP contribution in [-0.2, 0) is 4.79 Å². The van der Waals surface area contributed by atoms with Crippen molar-refractivity contribution in [2.75, 3.05) is 0 Å². The molecule has 108 valence electrons. The molecule has 18 heavy (non-hydrogen) atoms. The van der Waals surface area contributed by atoms with Gasteiger partial charge in [-0.05, 0) is 32.1 Å². The van der Waals surface area contributed by atoms with E-state index in [1.807, 2.05) is 13.8 Å². The number of nitrogens with one attached hydrogen (secondary N) is 1. The van der Waals surface area contributed by atoms with Gasteiger partial charge in [0, 0.05) is 12.5 Å². The molecule has 0 aliphatic rings. The highest BCUT2D eigenvalue weighted by atomic mass is 19.4. The molecule has 2 unspecified atom stereocenters. The number of hydrogen-bond donors (Lipinski definition) is 2. The van der Waals surface area contributed by atoms with Crippen molar-refractivity contribution in [2.24, 2.45) is 5.92 Å². The molecule has 0 aliphatic heterocycles. The molecule has 0 aromatic carbocycles. The first-order chi connectivity index (χ1) is 8.11. The fourth-order valence-electron chi connectivity index (χ4n) is 1.75. The summed E-state index contributed by atoms with van der Waals surface area (Å²) in [5.74, 6) is -0.729. The Kier molecular flexibility index (Phi) is 7.28. The molecule has 0 fully saturated rings. The first-order valence-electron chi connectivity index (χ1n) is 6.17. The monoisotopic (exact) mass is 269 g/mol.